The molecule has 2 heterocycles. The number of halogens is 1. The highest BCUT2D eigenvalue weighted by Gasteiger charge is 2.18. The minimum atomic E-state index is 0.164. The van der Waals surface area contributed by atoms with Gasteiger partial charge in [0.1, 0.15) is 0 Å². The van der Waals surface area contributed by atoms with Gasteiger partial charge in [-0.1, -0.05) is 23.7 Å². The fourth-order valence-electron chi connectivity index (χ4n) is 2.61. The Morgan fingerprint density at radius 2 is 1.95 bits per heavy atom. The first-order chi connectivity index (χ1) is 10.7. The van der Waals surface area contributed by atoms with Crippen LogP contribution in [0.1, 0.15) is 31.6 Å². The van der Waals surface area contributed by atoms with Gasteiger partial charge in [-0.15, -0.1) is 10.2 Å². The van der Waals surface area contributed by atoms with Crippen LogP contribution in [0, 0.1) is 0 Å². The van der Waals surface area contributed by atoms with Gasteiger partial charge in [0.25, 0.3) is 0 Å². The van der Waals surface area contributed by atoms with Crippen molar-refractivity contribution in [3.8, 4) is 11.5 Å². The number of benzene rings is 1. The monoisotopic (exact) mass is 319 g/mol. The number of likely N-dealkylation sites (tertiary alicyclic amines) is 1. The maximum Gasteiger partial charge on any atom is 0.249 e. The molecular formula is C16H18ClN3O2. The number of piperidine rings is 1. The molecule has 22 heavy (non-hydrogen) atoms. The van der Waals surface area contributed by atoms with E-state index in [0.29, 0.717) is 35.2 Å². The third kappa shape index (κ3) is 3.47. The molecule has 6 heteroatoms. The van der Waals surface area contributed by atoms with Crippen molar-refractivity contribution in [1.29, 1.82) is 0 Å². The first kappa shape index (κ1) is 15.0. The van der Waals surface area contributed by atoms with Crippen molar-refractivity contribution in [2.24, 2.45) is 0 Å². The lowest BCUT2D eigenvalue weighted by Crippen LogP contribution is -2.35. The van der Waals surface area contributed by atoms with E-state index in [1.165, 1.54) is 6.42 Å². The number of nitrogens with zero attached hydrogens (tertiary/aromatic N) is 3. The Kier molecular flexibility index (Phi) is 4.73. The Hall–Kier alpha value is -1.88. The maximum absolute atomic E-state index is 12.1. The second-order valence-corrected chi connectivity index (χ2v) is 5.83. The lowest BCUT2D eigenvalue weighted by atomic mass is 10.1. The minimum Gasteiger partial charge on any atom is -0.421 e. The van der Waals surface area contributed by atoms with E-state index in [1.807, 2.05) is 23.1 Å². The molecular weight excluding hydrogens is 302 g/mol. The van der Waals surface area contributed by atoms with Gasteiger partial charge in [-0.25, -0.2) is 0 Å². The lowest BCUT2D eigenvalue weighted by Gasteiger charge is -2.26. The van der Waals surface area contributed by atoms with Crippen LogP contribution in [-0.4, -0.2) is 34.1 Å². The maximum atomic E-state index is 12.1. The average molecular weight is 320 g/mol. The van der Waals surface area contributed by atoms with Crippen LogP contribution >= 0.6 is 11.6 Å². The number of amides is 1. The Balaban J connectivity index is 1.60. The predicted molar refractivity (Wildman–Crippen MR) is 83.5 cm³/mol. The molecule has 3 rings (SSSR count). The molecule has 0 atom stereocenters. The van der Waals surface area contributed by atoms with E-state index >= 15 is 0 Å². The van der Waals surface area contributed by atoms with Crippen molar-refractivity contribution in [1.82, 2.24) is 15.1 Å². The Labute approximate surface area is 134 Å². The quantitative estimate of drug-likeness (QED) is 0.867. The molecule has 0 bridgehead atoms. The summed E-state index contributed by atoms with van der Waals surface area (Å²) in [5, 5.41) is 8.59. The molecule has 0 aliphatic carbocycles. The molecule has 1 aromatic carbocycles. The van der Waals surface area contributed by atoms with Gasteiger partial charge in [0.2, 0.25) is 17.7 Å². The van der Waals surface area contributed by atoms with Gasteiger partial charge in [-0.3, -0.25) is 4.79 Å². The first-order valence-electron chi connectivity index (χ1n) is 7.59. The van der Waals surface area contributed by atoms with Crippen molar-refractivity contribution in [2.75, 3.05) is 13.1 Å². The highest BCUT2D eigenvalue weighted by Crippen LogP contribution is 2.26. The average Bonchev–Trinajstić information content (AvgIpc) is 3.02. The fourth-order valence-corrected chi connectivity index (χ4v) is 2.83. The van der Waals surface area contributed by atoms with Crippen molar-refractivity contribution in [2.45, 2.75) is 32.1 Å². The fraction of sp³-hybridized carbons (Fsp3) is 0.438. The van der Waals surface area contributed by atoms with E-state index in [4.69, 9.17) is 16.0 Å². The van der Waals surface area contributed by atoms with E-state index in [0.717, 1.165) is 25.9 Å². The van der Waals surface area contributed by atoms with Crippen LogP contribution in [-0.2, 0) is 11.2 Å². The second kappa shape index (κ2) is 6.92. The topological polar surface area (TPSA) is 59.2 Å². The van der Waals surface area contributed by atoms with Crippen molar-refractivity contribution in [3.63, 3.8) is 0 Å². The lowest BCUT2D eigenvalue weighted by molar-refractivity contribution is -0.132. The molecule has 2 aromatic rings. The summed E-state index contributed by atoms with van der Waals surface area (Å²) in [5.41, 5.74) is 0.713. The van der Waals surface area contributed by atoms with E-state index in [9.17, 15) is 4.79 Å². The number of hydrogen-bond acceptors (Lipinski definition) is 4. The van der Waals surface area contributed by atoms with Crippen molar-refractivity contribution >= 4 is 17.5 Å². The molecule has 116 valence electrons. The largest absolute Gasteiger partial charge is 0.421 e. The smallest absolute Gasteiger partial charge is 0.249 e. The predicted octanol–water partition coefficient (Wildman–Crippen LogP) is 3.34. The summed E-state index contributed by atoms with van der Waals surface area (Å²) in [7, 11) is 0. The van der Waals surface area contributed by atoms with Crippen molar-refractivity contribution in [3.05, 3.63) is 35.2 Å². The molecule has 1 aromatic heterocycles. The number of rotatable bonds is 4. The molecule has 0 unspecified atom stereocenters. The Morgan fingerprint density at radius 1 is 1.18 bits per heavy atom. The number of aromatic nitrogens is 2. The van der Waals surface area contributed by atoms with Crippen LogP contribution in [0.3, 0.4) is 0 Å². The standard InChI is InChI=1S/C16H18ClN3O2/c17-13-7-3-2-6-12(13)16-19-18-14(22-16)8-9-15(21)20-10-4-1-5-11-20/h2-3,6-7H,1,4-5,8-11H2. The summed E-state index contributed by atoms with van der Waals surface area (Å²) < 4.78 is 5.61. The minimum absolute atomic E-state index is 0.164. The van der Waals surface area contributed by atoms with E-state index in [-0.39, 0.29) is 5.91 Å². The molecule has 1 aliphatic rings. The highest BCUT2D eigenvalue weighted by atomic mass is 35.5. The number of carbonyl (C=O) groups is 1. The van der Waals surface area contributed by atoms with Gasteiger partial charge in [-0.2, -0.15) is 0 Å². The molecule has 0 radical (unpaired) electrons. The Bertz CT molecular complexity index is 650. The Morgan fingerprint density at radius 3 is 2.73 bits per heavy atom. The van der Waals surface area contributed by atoms with Crippen LogP contribution < -0.4 is 0 Å². The van der Waals surface area contributed by atoms with Crippen LogP contribution in [0.2, 0.25) is 5.02 Å². The highest BCUT2D eigenvalue weighted by molar-refractivity contribution is 6.33. The van der Waals surface area contributed by atoms with Gasteiger partial charge < -0.3 is 9.32 Å². The molecule has 1 fully saturated rings. The van der Waals surface area contributed by atoms with Crippen molar-refractivity contribution < 1.29 is 9.21 Å². The zero-order valence-corrected chi connectivity index (χ0v) is 13.1. The summed E-state index contributed by atoms with van der Waals surface area (Å²) in [6.45, 7) is 1.74. The molecule has 5 nitrogen and oxygen atoms in total. The molecule has 0 N–H and O–H groups in total. The summed E-state index contributed by atoms with van der Waals surface area (Å²) >= 11 is 6.11. The van der Waals surface area contributed by atoms with Gasteiger partial charge in [-0.05, 0) is 31.4 Å². The molecule has 0 saturated carbocycles. The second-order valence-electron chi connectivity index (χ2n) is 5.42. The van der Waals surface area contributed by atoms with Crippen LogP contribution in [0.15, 0.2) is 28.7 Å². The number of hydrogen-bond donors (Lipinski definition) is 0. The van der Waals surface area contributed by atoms with E-state index in [1.54, 1.807) is 6.07 Å². The summed E-state index contributed by atoms with van der Waals surface area (Å²) in [6.07, 6.45) is 4.29. The first-order valence-corrected chi connectivity index (χ1v) is 7.97. The van der Waals surface area contributed by atoms with Gasteiger partial charge in [0, 0.05) is 25.9 Å². The van der Waals surface area contributed by atoms with Crippen LogP contribution in [0.25, 0.3) is 11.5 Å². The third-order valence-electron chi connectivity index (χ3n) is 3.83. The van der Waals surface area contributed by atoms with Gasteiger partial charge in [0.05, 0.1) is 10.6 Å². The van der Waals surface area contributed by atoms with Crippen LogP contribution in [0.5, 0.6) is 0 Å². The van der Waals surface area contributed by atoms with Gasteiger partial charge >= 0.3 is 0 Å². The molecule has 1 aliphatic heterocycles. The number of carbonyl (C=O) groups excluding carboxylic acids is 1. The zero-order valence-electron chi connectivity index (χ0n) is 12.3. The summed E-state index contributed by atoms with van der Waals surface area (Å²) in [4.78, 5) is 14.0. The summed E-state index contributed by atoms with van der Waals surface area (Å²) in [6, 6.07) is 7.32. The molecule has 1 saturated heterocycles. The molecule has 0 spiro atoms. The zero-order chi connectivity index (χ0) is 15.4. The van der Waals surface area contributed by atoms with E-state index < -0.39 is 0 Å². The molecule has 1 amide bonds. The normalized spacial score (nSPS) is 15.0. The third-order valence-corrected chi connectivity index (χ3v) is 4.16. The van der Waals surface area contributed by atoms with Crippen LogP contribution in [0.4, 0.5) is 0 Å². The van der Waals surface area contributed by atoms with Gasteiger partial charge in [0.15, 0.2) is 0 Å². The number of aryl methyl sites for hydroxylation is 1. The summed E-state index contributed by atoms with van der Waals surface area (Å²) in [5.74, 6) is 1.03. The van der Waals surface area contributed by atoms with E-state index in [2.05, 4.69) is 10.2 Å². The SMILES string of the molecule is O=C(CCc1nnc(-c2ccccc2Cl)o1)N1CCCCC1.